The predicted octanol–water partition coefficient (Wildman–Crippen LogP) is 5.05. The van der Waals surface area contributed by atoms with Crippen LogP contribution in [0.2, 0.25) is 0 Å². The minimum Gasteiger partial charge on any atom is -0.550 e. The van der Waals surface area contributed by atoms with E-state index in [0.717, 1.165) is 64.2 Å². The number of hydrogen-bond acceptors (Lipinski definition) is 7. The van der Waals surface area contributed by atoms with Crippen molar-refractivity contribution in [3.8, 4) is 0 Å². The van der Waals surface area contributed by atoms with E-state index in [9.17, 15) is 29.7 Å². The maximum Gasteiger partial charge on any atom is 3.00 e. The van der Waals surface area contributed by atoms with Gasteiger partial charge in [0.1, 0.15) is 0 Å². The molecule has 0 bridgehead atoms. The Morgan fingerprint density at radius 2 is 0.750 bits per heavy atom. The smallest absolute Gasteiger partial charge is 0.550 e. The molecular weight excluding hydrogens is 599 g/mol. The average Bonchev–Trinajstić information content (AvgIpc) is 2.91. The van der Waals surface area contributed by atoms with Gasteiger partial charge in [0, 0.05) is 24.5 Å². The Morgan fingerprint density at radius 3 is 0.900 bits per heavy atom. The van der Waals surface area contributed by atoms with Crippen molar-refractivity contribution in [2.24, 2.45) is 23.7 Å². The van der Waals surface area contributed by atoms with Crippen LogP contribution in [-0.4, -0.2) is 29.6 Å². The van der Waals surface area contributed by atoms with Crippen LogP contribution in [-0.2, 0) is 33.9 Å². The number of aliphatic hydroxyl groups excluding tert-OH is 1. The van der Waals surface area contributed by atoms with Crippen molar-refractivity contribution in [3.63, 3.8) is 0 Å². The molecule has 0 rings (SSSR count). The first-order chi connectivity index (χ1) is 18.5. The second-order valence-electron chi connectivity index (χ2n) is 10.3. The Labute approximate surface area is 260 Å². The minimum atomic E-state index is -0.893. The number of aliphatic hydroxyl groups is 1. The van der Waals surface area contributed by atoms with Crippen molar-refractivity contribution in [1.82, 2.24) is 0 Å². The molecule has 0 aromatic rings. The number of rotatable bonds is 20. The maximum atomic E-state index is 10.3. The fourth-order valence-electron chi connectivity index (χ4n) is 3.73. The van der Waals surface area contributed by atoms with E-state index in [2.05, 4.69) is 34.6 Å². The van der Waals surface area contributed by atoms with Gasteiger partial charge in [-0.3, -0.25) is 0 Å². The van der Waals surface area contributed by atoms with Crippen LogP contribution in [0.4, 0.5) is 0 Å². The van der Waals surface area contributed by atoms with Gasteiger partial charge >= 0.3 is 19.5 Å². The zero-order valence-corrected chi connectivity index (χ0v) is 28.7. The standard InChI is InChI=1S/3C8H16O2.C8H18O.Rh/c3*1-3-5-6-7(4-2)8(9)10;1-3-5-6-8(4-2)7-9;/h3*7H,3-6H2,1-2H3,(H,9,10);8-9H,3-7H2,1-2H3;/q;;;;+3/p-3. The van der Waals surface area contributed by atoms with Gasteiger partial charge in [-0.25, -0.2) is 0 Å². The minimum absolute atomic E-state index is 0. The fraction of sp³-hybridized carbons (Fsp3) is 0.906. The van der Waals surface area contributed by atoms with Gasteiger partial charge in [-0.2, -0.15) is 0 Å². The molecule has 0 aliphatic heterocycles. The summed E-state index contributed by atoms with van der Waals surface area (Å²) in [5, 5.41) is 39.7. The molecule has 0 fully saturated rings. The molecule has 0 amide bonds. The van der Waals surface area contributed by atoms with Gasteiger partial charge in [0.15, 0.2) is 0 Å². The van der Waals surface area contributed by atoms with Crippen LogP contribution in [0.3, 0.4) is 0 Å². The van der Waals surface area contributed by atoms with Crippen LogP contribution >= 0.6 is 0 Å². The second kappa shape index (κ2) is 38.0. The summed E-state index contributed by atoms with van der Waals surface area (Å²) in [6.07, 6.45) is 15.4. The first-order valence-corrected chi connectivity index (χ1v) is 15.7. The molecule has 7 nitrogen and oxygen atoms in total. The van der Waals surface area contributed by atoms with E-state index >= 15 is 0 Å². The Balaban J connectivity index is -0.000000135. The number of unbranched alkanes of at least 4 members (excludes halogenated alkanes) is 4. The Morgan fingerprint density at radius 1 is 0.500 bits per heavy atom. The fourth-order valence-corrected chi connectivity index (χ4v) is 3.73. The molecule has 40 heavy (non-hydrogen) atoms. The monoisotopic (exact) mass is 662 g/mol. The van der Waals surface area contributed by atoms with E-state index in [-0.39, 0.29) is 37.2 Å². The molecule has 0 aromatic carbocycles. The van der Waals surface area contributed by atoms with Crippen LogP contribution in [0, 0.1) is 23.7 Å². The van der Waals surface area contributed by atoms with Gasteiger partial charge in [0.2, 0.25) is 0 Å². The summed E-state index contributed by atoms with van der Waals surface area (Å²) in [6.45, 7) is 16.5. The van der Waals surface area contributed by atoms with E-state index in [0.29, 0.717) is 31.8 Å². The molecule has 0 spiro atoms. The molecule has 242 valence electrons. The Bertz CT molecular complexity index is 478. The van der Waals surface area contributed by atoms with Crippen molar-refractivity contribution >= 4 is 17.9 Å². The van der Waals surface area contributed by atoms with Crippen molar-refractivity contribution < 1.29 is 54.3 Å². The molecule has 0 aliphatic carbocycles. The third kappa shape index (κ3) is 35.0. The molecular formula is C32H63O7Rh. The van der Waals surface area contributed by atoms with Gasteiger partial charge in [-0.15, -0.1) is 0 Å². The van der Waals surface area contributed by atoms with Crippen LogP contribution in [0.25, 0.3) is 0 Å². The van der Waals surface area contributed by atoms with Crippen molar-refractivity contribution in [2.45, 2.75) is 158 Å². The number of aliphatic carboxylic acids is 3. The van der Waals surface area contributed by atoms with Gasteiger partial charge in [0.25, 0.3) is 0 Å². The molecule has 8 heteroatoms. The maximum absolute atomic E-state index is 10.3. The number of carboxylic acid groups (broad SMARTS) is 3. The van der Waals surface area contributed by atoms with Crippen LogP contribution in [0.5, 0.6) is 0 Å². The number of carbonyl (C=O) groups is 3. The molecule has 0 aromatic heterocycles. The molecule has 1 N–H and O–H groups in total. The Kier molecular flexibility index (Phi) is 46.3. The summed E-state index contributed by atoms with van der Waals surface area (Å²) < 4.78 is 0. The van der Waals surface area contributed by atoms with Crippen molar-refractivity contribution in [1.29, 1.82) is 0 Å². The van der Waals surface area contributed by atoms with E-state index in [1.54, 1.807) is 0 Å². The molecule has 0 saturated heterocycles. The van der Waals surface area contributed by atoms with Gasteiger partial charge in [0.05, 0.1) is 0 Å². The molecule has 4 atom stereocenters. The van der Waals surface area contributed by atoms with E-state index in [1.807, 2.05) is 20.8 Å². The van der Waals surface area contributed by atoms with Gasteiger partial charge in [-0.1, -0.05) is 113 Å². The molecule has 0 aliphatic rings. The third-order valence-electron chi connectivity index (χ3n) is 7.00. The first kappa shape index (κ1) is 48.7. The number of carboxylic acids is 3. The zero-order chi connectivity index (χ0) is 31.1. The van der Waals surface area contributed by atoms with Gasteiger partial charge in [-0.05, 0) is 68.6 Å². The summed E-state index contributed by atoms with van der Waals surface area (Å²) in [5.41, 5.74) is 0. The summed E-state index contributed by atoms with van der Waals surface area (Å²) in [7, 11) is 0. The predicted molar refractivity (Wildman–Crippen MR) is 155 cm³/mol. The van der Waals surface area contributed by atoms with E-state index in [1.165, 1.54) is 19.3 Å². The summed E-state index contributed by atoms with van der Waals surface area (Å²) in [4.78, 5) is 31.0. The van der Waals surface area contributed by atoms with Crippen LogP contribution in [0.15, 0.2) is 0 Å². The van der Waals surface area contributed by atoms with Crippen LogP contribution < -0.4 is 15.3 Å². The first-order valence-electron chi connectivity index (χ1n) is 15.7. The zero-order valence-electron chi connectivity index (χ0n) is 27.1. The quantitative estimate of drug-likeness (QED) is 0.180. The molecule has 0 radical (unpaired) electrons. The topological polar surface area (TPSA) is 141 Å². The van der Waals surface area contributed by atoms with Crippen molar-refractivity contribution in [2.75, 3.05) is 6.61 Å². The largest absolute Gasteiger partial charge is 3.00 e. The molecule has 0 saturated carbocycles. The van der Waals surface area contributed by atoms with Gasteiger partial charge < -0.3 is 34.8 Å². The van der Waals surface area contributed by atoms with E-state index < -0.39 is 17.9 Å². The average molecular weight is 663 g/mol. The molecule has 0 heterocycles. The Hall–Kier alpha value is -1.01. The SMILES string of the molecule is CCCCC(CC)C(=O)[O-].CCCCC(CC)C(=O)[O-].CCCCC(CC)C(=O)[O-].CCCCC(CC)CO.[Rh+3]. The molecule has 4 unspecified atom stereocenters. The van der Waals surface area contributed by atoms with Crippen molar-refractivity contribution in [3.05, 3.63) is 0 Å². The summed E-state index contributed by atoms with van der Waals surface area (Å²) in [5.74, 6) is -2.78. The third-order valence-corrected chi connectivity index (χ3v) is 7.00. The summed E-state index contributed by atoms with van der Waals surface area (Å²) in [6, 6.07) is 0. The van der Waals surface area contributed by atoms with E-state index in [4.69, 9.17) is 5.11 Å². The summed E-state index contributed by atoms with van der Waals surface area (Å²) >= 11 is 0. The normalized spacial score (nSPS) is 12.8. The number of carbonyl (C=O) groups excluding carboxylic acids is 3. The van der Waals surface area contributed by atoms with Crippen LogP contribution in [0.1, 0.15) is 158 Å². The second-order valence-corrected chi connectivity index (χ2v) is 10.3. The number of hydrogen-bond donors (Lipinski definition) is 1.